The monoisotopic (exact) mass is 345 g/mol. The Labute approximate surface area is 141 Å². The highest BCUT2D eigenvalue weighted by molar-refractivity contribution is 6.12. The molecule has 2 aromatic carbocycles. The van der Waals surface area contributed by atoms with Crippen molar-refractivity contribution in [2.75, 3.05) is 11.1 Å². The molecule has 1 aromatic heterocycles. The lowest BCUT2D eigenvalue weighted by Crippen LogP contribution is -2.19. The Morgan fingerprint density at radius 1 is 1.12 bits per heavy atom. The van der Waals surface area contributed by atoms with Crippen molar-refractivity contribution >= 4 is 28.1 Å². The molecule has 0 atom stereocenters. The number of nitrogens with one attached hydrogen (secondary N) is 1. The molecule has 7 heteroatoms. The lowest BCUT2D eigenvalue weighted by molar-refractivity contribution is -0.138. The first kappa shape index (κ1) is 16.8. The number of amides is 1. The Bertz CT molecular complexity index is 962. The molecule has 1 heterocycles. The third-order valence-electron chi connectivity index (χ3n) is 3.95. The van der Waals surface area contributed by atoms with Gasteiger partial charge in [-0.05, 0) is 24.6 Å². The summed E-state index contributed by atoms with van der Waals surface area (Å²) in [4.78, 5) is 16.6. The fourth-order valence-electron chi connectivity index (χ4n) is 2.74. The minimum atomic E-state index is -4.56. The normalized spacial score (nSPS) is 11.5. The van der Waals surface area contributed by atoms with E-state index in [2.05, 4.69) is 10.3 Å². The second-order valence-electron chi connectivity index (χ2n) is 5.56. The van der Waals surface area contributed by atoms with E-state index < -0.39 is 17.6 Å². The molecule has 128 valence electrons. The van der Waals surface area contributed by atoms with Gasteiger partial charge in [0, 0.05) is 22.7 Å². The number of rotatable bonds is 2. The van der Waals surface area contributed by atoms with Crippen LogP contribution in [0.4, 0.5) is 24.5 Å². The van der Waals surface area contributed by atoms with Gasteiger partial charge in [-0.1, -0.05) is 24.3 Å². The Morgan fingerprint density at radius 2 is 1.84 bits per heavy atom. The maximum atomic E-state index is 13.1. The van der Waals surface area contributed by atoms with Crippen molar-refractivity contribution in [2.45, 2.75) is 13.1 Å². The van der Waals surface area contributed by atoms with E-state index in [1.807, 2.05) is 12.1 Å². The maximum Gasteiger partial charge on any atom is 0.416 e. The van der Waals surface area contributed by atoms with E-state index >= 15 is 0 Å². The number of benzene rings is 2. The van der Waals surface area contributed by atoms with E-state index in [-0.39, 0.29) is 16.8 Å². The van der Waals surface area contributed by atoms with E-state index in [1.165, 1.54) is 13.1 Å². The van der Waals surface area contributed by atoms with Crippen LogP contribution in [0.5, 0.6) is 0 Å². The highest BCUT2D eigenvalue weighted by atomic mass is 19.4. The summed E-state index contributed by atoms with van der Waals surface area (Å²) in [5, 5.41) is 4.14. The first-order valence-electron chi connectivity index (χ1n) is 7.39. The van der Waals surface area contributed by atoms with Crippen molar-refractivity contribution in [3.63, 3.8) is 0 Å². The first-order chi connectivity index (χ1) is 11.8. The third kappa shape index (κ3) is 3.13. The summed E-state index contributed by atoms with van der Waals surface area (Å²) in [5.41, 5.74) is 4.85. The van der Waals surface area contributed by atoms with E-state index in [1.54, 1.807) is 18.3 Å². The Morgan fingerprint density at radius 3 is 2.56 bits per heavy atom. The standard InChI is InChI=1S/C18H14F3N3O/c1-10-13(18(19,20)21)6-7-14(22)16(10)17(25)24-15-9-23-8-11-4-2-3-5-12(11)15/h2-9H,22H2,1H3,(H,24,25). The SMILES string of the molecule is Cc1c(C(F)(F)F)ccc(N)c1C(=O)Nc1cncc2ccccc12. The van der Waals surface area contributed by atoms with Crippen LogP contribution in [0, 0.1) is 6.92 Å². The molecular weight excluding hydrogens is 331 g/mol. The van der Waals surface area contributed by atoms with E-state index in [9.17, 15) is 18.0 Å². The van der Waals surface area contributed by atoms with Gasteiger partial charge in [-0.25, -0.2) is 0 Å². The van der Waals surface area contributed by atoms with Crippen molar-refractivity contribution in [1.29, 1.82) is 0 Å². The number of carbonyl (C=O) groups is 1. The molecule has 0 bridgehead atoms. The molecular formula is C18H14F3N3O. The lowest BCUT2D eigenvalue weighted by Gasteiger charge is -2.16. The second kappa shape index (κ2) is 6.08. The van der Waals surface area contributed by atoms with Gasteiger partial charge in [-0.2, -0.15) is 13.2 Å². The van der Waals surface area contributed by atoms with Crippen LogP contribution in [0.25, 0.3) is 10.8 Å². The predicted octanol–water partition coefficient (Wildman–Crippen LogP) is 4.40. The average molecular weight is 345 g/mol. The summed E-state index contributed by atoms with van der Waals surface area (Å²) >= 11 is 0. The Hall–Kier alpha value is -3.09. The molecule has 0 aliphatic heterocycles. The van der Waals surface area contributed by atoms with Crippen LogP contribution in [-0.4, -0.2) is 10.9 Å². The molecule has 0 radical (unpaired) electrons. The largest absolute Gasteiger partial charge is 0.416 e. The fourth-order valence-corrected chi connectivity index (χ4v) is 2.74. The van der Waals surface area contributed by atoms with Crippen LogP contribution in [-0.2, 0) is 6.18 Å². The van der Waals surface area contributed by atoms with Gasteiger partial charge in [0.2, 0.25) is 0 Å². The first-order valence-corrected chi connectivity index (χ1v) is 7.39. The van der Waals surface area contributed by atoms with Gasteiger partial charge in [0.15, 0.2) is 0 Å². The lowest BCUT2D eigenvalue weighted by atomic mass is 9.99. The molecule has 4 nitrogen and oxygen atoms in total. The molecule has 0 unspecified atom stereocenters. The fraction of sp³-hybridized carbons (Fsp3) is 0.111. The Balaban J connectivity index is 2.04. The van der Waals surface area contributed by atoms with Crippen LogP contribution < -0.4 is 11.1 Å². The van der Waals surface area contributed by atoms with Crippen molar-refractivity contribution in [3.8, 4) is 0 Å². The van der Waals surface area contributed by atoms with Crippen LogP contribution in [0.15, 0.2) is 48.8 Å². The third-order valence-corrected chi connectivity index (χ3v) is 3.95. The predicted molar refractivity (Wildman–Crippen MR) is 90.3 cm³/mol. The highest BCUT2D eigenvalue weighted by Gasteiger charge is 2.34. The van der Waals surface area contributed by atoms with Gasteiger partial charge in [-0.15, -0.1) is 0 Å². The van der Waals surface area contributed by atoms with E-state index in [0.29, 0.717) is 5.69 Å². The van der Waals surface area contributed by atoms with Gasteiger partial charge in [-0.3, -0.25) is 9.78 Å². The van der Waals surface area contributed by atoms with Crippen molar-refractivity contribution in [3.05, 3.63) is 65.5 Å². The average Bonchev–Trinajstić information content (AvgIpc) is 2.54. The Kier molecular flexibility index (Phi) is 4.08. The van der Waals surface area contributed by atoms with E-state index in [0.717, 1.165) is 22.9 Å². The number of nitrogens with zero attached hydrogens (tertiary/aromatic N) is 1. The number of anilines is 2. The van der Waals surface area contributed by atoms with Gasteiger partial charge in [0.05, 0.1) is 23.0 Å². The molecule has 0 aliphatic carbocycles. The zero-order chi connectivity index (χ0) is 18.2. The molecule has 3 rings (SSSR count). The van der Waals surface area contributed by atoms with Gasteiger partial charge < -0.3 is 11.1 Å². The molecule has 3 aromatic rings. The summed E-state index contributed by atoms with van der Waals surface area (Å²) in [5.74, 6) is -0.709. The summed E-state index contributed by atoms with van der Waals surface area (Å²) < 4.78 is 39.2. The molecule has 0 saturated heterocycles. The zero-order valence-corrected chi connectivity index (χ0v) is 13.2. The molecule has 3 N–H and O–H groups in total. The zero-order valence-electron chi connectivity index (χ0n) is 13.2. The number of pyridine rings is 1. The van der Waals surface area contributed by atoms with Crippen LogP contribution in [0.3, 0.4) is 0 Å². The topological polar surface area (TPSA) is 68.0 Å². The van der Waals surface area contributed by atoms with Crippen LogP contribution >= 0.6 is 0 Å². The van der Waals surface area contributed by atoms with Crippen molar-refractivity contribution < 1.29 is 18.0 Å². The number of hydrogen-bond donors (Lipinski definition) is 2. The van der Waals surface area contributed by atoms with Gasteiger partial charge in [0.25, 0.3) is 5.91 Å². The van der Waals surface area contributed by atoms with Crippen LogP contribution in [0.1, 0.15) is 21.5 Å². The molecule has 0 fully saturated rings. The smallest absolute Gasteiger partial charge is 0.398 e. The summed E-state index contributed by atoms with van der Waals surface area (Å²) in [6.07, 6.45) is -1.48. The summed E-state index contributed by atoms with van der Waals surface area (Å²) in [6.45, 7) is 1.23. The number of alkyl halides is 3. The number of carbonyl (C=O) groups excluding carboxylic acids is 1. The van der Waals surface area contributed by atoms with Gasteiger partial charge >= 0.3 is 6.18 Å². The number of nitrogens with two attached hydrogens (primary N) is 1. The minimum absolute atomic E-state index is 0.0174. The second-order valence-corrected chi connectivity index (χ2v) is 5.56. The number of aromatic nitrogens is 1. The molecule has 0 aliphatic rings. The quantitative estimate of drug-likeness (QED) is 0.677. The number of hydrogen-bond acceptors (Lipinski definition) is 3. The molecule has 25 heavy (non-hydrogen) atoms. The summed E-state index contributed by atoms with van der Waals surface area (Å²) in [6, 6.07) is 9.19. The van der Waals surface area contributed by atoms with Gasteiger partial charge in [0.1, 0.15) is 0 Å². The van der Waals surface area contributed by atoms with Crippen molar-refractivity contribution in [2.24, 2.45) is 0 Å². The van der Waals surface area contributed by atoms with Crippen LogP contribution in [0.2, 0.25) is 0 Å². The maximum absolute atomic E-state index is 13.1. The molecule has 0 saturated carbocycles. The van der Waals surface area contributed by atoms with E-state index in [4.69, 9.17) is 5.73 Å². The van der Waals surface area contributed by atoms with Crippen molar-refractivity contribution in [1.82, 2.24) is 4.98 Å². The molecule has 0 spiro atoms. The summed E-state index contributed by atoms with van der Waals surface area (Å²) in [7, 11) is 0. The highest BCUT2D eigenvalue weighted by Crippen LogP contribution is 2.35. The number of fused-ring (bicyclic) bond motifs is 1. The molecule has 1 amide bonds. The number of halogens is 3. The minimum Gasteiger partial charge on any atom is -0.398 e. The number of nitrogen functional groups attached to an aromatic ring is 1.